The molecule has 0 aromatic heterocycles. The summed E-state index contributed by atoms with van der Waals surface area (Å²) in [5, 5.41) is 0. The van der Waals surface area contributed by atoms with Gasteiger partial charge < -0.3 is 19.1 Å². The second-order valence-electron chi connectivity index (χ2n) is 7.92. The molecular formula is C24H34N2O5. The lowest BCUT2D eigenvalue weighted by Gasteiger charge is -2.29. The highest BCUT2D eigenvalue weighted by atomic mass is 16.5. The molecule has 7 nitrogen and oxygen atoms in total. The molecular weight excluding hydrogens is 396 g/mol. The Morgan fingerprint density at radius 3 is 2.29 bits per heavy atom. The van der Waals surface area contributed by atoms with Gasteiger partial charge in [-0.25, -0.2) is 0 Å². The van der Waals surface area contributed by atoms with Gasteiger partial charge in [0.15, 0.2) is 11.5 Å². The van der Waals surface area contributed by atoms with E-state index in [1.54, 1.807) is 26.4 Å². The minimum absolute atomic E-state index is 0.203. The third kappa shape index (κ3) is 5.21. The Labute approximate surface area is 184 Å². The first-order chi connectivity index (χ1) is 15.1. The standard InChI is InChI=1S/C24H34N2O5/c1-4-5-15-31-16-9-14-26-23(27)21(18-10-11-19(29-2)20(17-18)30-3)22(24(26)28)25-12-7-6-8-13-25/h10-11,17H,4-9,12-16H2,1-3H3. The zero-order valence-electron chi connectivity index (χ0n) is 18.9. The first kappa shape index (κ1) is 23.1. The number of amides is 2. The SMILES string of the molecule is CCCCOCCCN1C(=O)C(c2ccc(OC)c(OC)c2)=C(N2CCCCC2)C1=O. The molecule has 3 rings (SSSR count). The van der Waals surface area contributed by atoms with Crippen molar-refractivity contribution in [2.24, 2.45) is 0 Å². The molecule has 7 heteroatoms. The van der Waals surface area contributed by atoms with E-state index in [1.165, 1.54) is 4.90 Å². The fourth-order valence-corrected chi connectivity index (χ4v) is 4.10. The van der Waals surface area contributed by atoms with Crippen LogP contribution in [0, 0.1) is 0 Å². The maximum absolute atomic E-state index is 13.4. The van der Waals surface area contributed by atoms with E-state index in [-0.39, 0.29) is 11.8 Å². The van der Waals surface area contributed by atoms with Crippen LogP contribution in [0.1, 0.15) is 51.0 Å². The highest BCUT2D eigenvalue weighted by Crippen LogP contribution is 2.37. The molecule has 2 aliphatic rings. The summed E-state index contributed by atoms with van der Waals surface area (Å²) in [6.45, 7) is 5.32. The monoisotopic (exact) mass is 430 g/mol. The fraction of sp³-hybridized carbons (Fsp3) is 0.583. The van der Waals surface area contributed by atoms with E-state index >= 15 is 0 Å². The predicted octanol–water partition coefficient (Wildman–Crippen LogP) is 3.48. The van der Waals surface area contributed by atoms with Crippen LogP contribution in [0.25, 0.3) is 5.57 Å². The summed E-state index contributed by atoms with van der Waals surface area (Å²) in [6, 6.07) is 5.38. The highest BCUT2D eigenvalue weighted by Gasteiger charge is 2.41. The number of carbonyl (C=O) groups excluding carboxylic acids is 2. The van der Waals surface area contributed by atoms with Crippen LogP contribution in [0.3, 0.4) is 0 Å². The van der Waals surface area contributed by atoms with E-state index in [0.717, 1.165) is 45.2 Å². The zero-order valence-corrected chi connectivity index (χ0v) is 18.9. The first-order valence-corrected chi connectivity index (χ1v) is 11.3. The molecule has 170 valence electrons. The van der Waals surface area contributed by atoms with E-state index in [2.05, 4.69) is 11.8 Å². The Balaban J connectivity index is 1.86. The van der Waals surface area contributed by atoms with Crippen molar-refractivity contribution in [3.8, 4) is 11.5 Å². The molecule has 1 fully saturated rings. The fourth-order valence-electron chi connectivity index (χ4n) is 4.10. The number of imide groups is 1. The third-order valence-electron chi connectivity index (χ3n) is 5.80. The highest BCUT2D eigenvalue weighted by molar-refractivity contribution is 6.35. The molecule has 0 N–H and O–H groups in total. The van der Waals surface area contributed by atoms with E-state index in [0.29, 0.717) is 54.5 Å². The molecule has 0 saturated carbocycles. The van der Waals surface area contributed by atoms with Gasteiger partial charge in [0, 0.05) is 32.8 Å². The molecule has 2 heterocycles. The van der Waals surface area contributed by atoms with Gasteiger partial charge >= 0.3 is 0 Å². The number of hydrogen-bond acceptors (Lipinski definition) is 6. The number of nitrogens with zero attached hydrogens (tertiary/aromatic N) is 2. The minimum Gasteiger partial charge on any atom is -0.493 e. The van der Waals surface area contributed by atoms with Gasteiger partial charge in [0.2, 0.25) is 0 Å². The molecule has 0 bridgehead atoms. The Bertz CT molecular complexity index is 814. The van der Waals surface area contributed by atoms with Crippen LogP contribution >= 0.6 is 0 Å². The number of carbonyl (C=O) groups is 2. The lowest BCUT2D eigenvalue weighted by molar-refractivity contribution is -0.137. The van der Waals surface area contributed by atoms with Crippen LogP contribution in [-0.2, 0) is 14.3 Å². The second-order valence-corrected chi connectivity index (χ2v) is 7.92. The molecule has 2 aliphatic heterocycles. The number of piperidine rings is 1. The number of rotatable bonds is 11. The Hall–Kier alpha value is -2.54. The normalized spacial score (nSPS) is 17.0. The van der Waals surface area contributed by atoms with Gasteiger partial charge in [-0.2, -0.15) is 0 Å². The first-order valence-electron chi connectivity index (χ1n) is 11.3. The van der Waals surface area contributed by atoms with Gasteiger partial charge in [0.05, 0.1) is 19.8 Å². The van der Waals surface area contributed by atoms with E-state index in [9.17, 15) is 9.59 Å². The van der Waals surface area contributed by atoms with Crippen LogP contribution < -0.4 is 9.47 Å². The molecule has 0 radical (unpaired) electrons. The summed E-state index contributed by atoms with van der Waals surface area (Å²) >= 11 is 0. The van der Waals surface area contributed by atoms with Crippen molar-refractivity contribution in [1.29, 1.82) is 0 Å². The van der Waals surface area contributed by atoms with Gasteiger partial charge in [-0.05, 0) is 49.8 Å². The summed E-state index contributed by atoms with van der Waals surface area (Å²) in [4.78, 5) is 30.2. The second kappa shape index (κ2) is 11.2. The minimum atomic E-state index is -0.244. The average molecular weight is 431 g/mol. The van der Waals surface area contributed by atoms with Crippen molar-refractivity contribution < 1.29 is 23.8 Å². The van der Waals surface area contributed by atoms with E-state index in [1.807, 2.05) is 6.07 Å². The van der Waals surface area contributed by atoms with E-state index in [4.69, 9.17) is 14.2 Å². The Morgan fingerprint density at radius 1 is 0.903 bits per heavy atom. The van der Waals surface area contributed by atoms with E-state index < -0.39 is 0 Å². The van der Waals surface area contributed by atoms with Crippen molar-refractivity contribution in [1.82, 2.24) is 9.80 Å². The van der Waals surface area contributed by atoms with Gasteiger partial charge in [-0.3, -0.25) is 14.5 Å². The number of likely N-dealkylation sites (tertiary alicyclic amines) is 1. The molecule has 0 aliphatic carbocycles. The van der Waals surface area contributed by atoms with Crippen LogP contribution in [0.5, 0.6) is 11.5 Å². The molecule has 1 aromatic carbocycles. The van der Waals surface area contributed by atoms with Gasteiger partial charge in [0.25, 0.3) is 11.8 Å². The summed E-state index contributed by atoms with van der Waals surface area (Å²) < 4.78 is 16.4. The number of benzene rings is 1. The van der Waals surface area contributed by atoms with Crippen LogP contribution in [0.2, 0.25) is 0 Å². The number of hydrogen-bond donors (Lipinski definition) is 0. The van der Waals surface area contributed by atoms with Crippen molar-refractivity contribution >= 4 is 17.4 Å². The van der Waals surface area contributed by atoms with Crippen molar-refractivity contribution in [2.45, 2.75) is 45.4 Å². The predicted molar refractivity (Wildman–Crippen MR) is 119 cm³/mol. The quantitative estimate of drug-likeness (QED) is 0.396. The number of ether oxygens (including phenoxy) is 3. The van der Waals surface area contributed by atoms with Crippen LogP contribution in [0.15, 0.2) is 23.9 Å². The van der Waals surface area contributed by atoms with Gasteiger partial charge in [0.1, 0.15) is 5.70 Å². The Morgan fingerprint density at radius 2 is 1.61 bits per heavy atom. The Kier molecular flexibility index (Phi) is 8.35. The summed E-state index contributed by atoms with van der Waals surface area (Å²) in [5.41, 5.74) is 1.65. The molecule has 0 spiro atoms. The lowest BCUT2D eigenvalue weighted by Crippen LogP contribution is -2.37. The lowest BCUT2D eigenvalue weighted by atomic mass is 10.0. The molecule has 31 heavy (non-hydrogen) atoms. The molecule has 1 saturated heterocycles. The van der Waals surface area contributed by atoms with Crippen LogP contribution in [-0.4, -0.2) is 68.7 Å². The van der Waals surface area contributed by atoms with Gasteiger partial charge in [-0.1, -0.05) is 19.4 Å². The smallest absolute Gasteiger partial charge is 0.277 e. The third-order valence-corrected chi connectivity index (χ3v) is 5.80. The number of unbranched alkanes of at least 4 members (excludes halogenated alkanes) is 1. The van der Waals surface area contributed by atoms with Gasteiger partial charge in [-0.15, -0.1) is 0 Å². The average Bonchev–Trinajstić information content (AvgIpc) is 3.05. The molecule has 0 unspecified atom stereocenters. The largest absolute Gasteiger partial charge is 0.493 e. The van der Waals surface area contributed by atoms with Crippen molar-refractivity contribution in [2.75, 3.05) is 47.1 Å². The van der Waals surface area contributed by atoms with Crippen molar-refractivity contribution in [3.63, 3.8) is 0 Å². The summed E-state index contributed by atoms with van der Waals surface area (Å²) in [6.07, 6.45) is 5.93. The summed E-state index contributed by atoms with van der Waals surface area (Å²) in [7, 11) is 3.14. The number of methoxy groups -OCH3 is 2. The molecule has 2 amide bonds. The molecule has 0 atom stereocenters. The topological polar surface area (TPSA) is 68.3 Å². The van der Waals surface area contributed by atoms with Crippen molar-refractivity contribution in [3.05, 3.63) is 29.5 Å². The van der Waals surface area contributed by atoms with Crippen LogP contribution in [0.4, 0.5) is 0 Å². The zero-order chi connectivity index (χ0) is 22.2. The summed E-state index contributed by atoms with van der Waals surface area (Å²) in [5.74, 6) is 0.675. The molecule has 1 aromatic rings. The maximum Gasteiger partial charge on any atom is 0.277 e. The maximum atomic E-state index is 13.4.